The summed E-state index contributed by atoms with van der Waals surface area (Å²) in [5.41, 5.74) is 0.828. The summed E-state index contributed by atoms with van der Waals surface area (Å²) in [6, 6.07) is 10.9. The van der Waals surface area contributed by atoms with Gasteiger partial charge in [-0.3, -0.25) is 9.59 Å². The highest BCUT2D eigenvalue weighted by atomic mass is 32.2. The molecule has 0 spiro atoms. The predicted octanol–water partition coefficient (Wildman–Crippen LogP) is 3.77. The van der Waals surface area contributed by atoms with Crippen LogP contribution in [0.2, 0.25) is 0 Å². The third kappa shape index (κ3) is 8.53. The monoisotopic (exact) mass is 519 g/mol. The molecule has 0 aliphatic rings. The van der Waals surface area contributed by atoms with Crippen LogP contribution in [0.15, 0.2) is 47.4 Å². The summed E-state index contributed by atoms with van der Waals surface area (Å²) in [7, 11) is -0.649. The van der Waals surface area contributed by atoms with Gasteiger partial charge in [0.25, 0.3) is 5.91 Å². The Hall–Kier alpha value is -3.11. The topological polar surface area (TPSA) is 114 Å². The first kappa shape index (κ1) is 29.1. The lowest BCUT2D eigenvalue weighted by atomic mass is 10.2. The van der Waals surface area contributed by atoms with E-state index in [-0.39, 0.29) is 41.5 Å². The Morgan fingerprint density at radius 3 is 1.89 bits per heavy atom. The molecule has 0 atom stereocenters. The van der Waals surface area contributed by atoms with E-state index in [2.05, 4.69) is 10.6 Å². The molecule has 36 heavy (non-hydrogen) atoms. The first-order valence-corrected chi connectivity index (χ1v) is 13.3. The summed E-state index contributed by atoms with van der Waals surface area (Å²) < 4.78 is 38.1. The van der Waals surface area contributed by atoms with E-state index in [1.165, 1.54) is 30.7 Å². The van der Waals surface area contributed by atoms with E-state index in [1.807, 2.05) is 27.7 Å². The van der Waals surface area contributed by atoms with Crippen LogP contribution < -0.4 is 20.1 Å². The van der Waals surface area contributed by atoms with Gasteiger partial charge in [0, 0.05) is 43.4 Å². The minimum Gasteiger partial charge on any atom is -0.497 e. The molecule has 0 aromatic heterocycles. The van der Waals surface area contributed by atoms with Crippen LogP contribution in [0, 0.1) is 11.8 Å². The van der Waals surface area contributed by atoms with Gasteiger partial charge < -0.3 is 20.1 Å². The van der Waals surface area contributed by atoms with E-state index in [0.29, 0.717) is 35.8 Å². The van der Waals surface area contributed by atoms with Crippen LogP contribution in [-0.4, -0.2) is 58.4 Å². The normalized spacial score (nSPS) is 11.6. The summed E-state index contributed by atoms with van der Waals surface area (Å²) in [5, 5.41) is 5.42. The van der Waals surface area contributed by atoms with E-state index >= 15 is 0 Å². The third-order valence-electron chi connectivity index (χ3n) is 5.16. The van der Waals surface area contributed by atoms with E-state index in [0.717, 1.165) is 0 Å². The summed E-state index contributed by atoms with van der Waals surface area (Å²) >= 11 is 0. The number of anilines is 1. The number of nitrogens with one attached hydrogen (secondary N) is 2. The van der Waals surface area contributed by atoms with Gasteiger partial charge in [-0.2, -0.15) is 4.31 Å². The van der Waals surface area contributed by atoms with Crippen LogP contribution in [-0.2, 0) is 14.8 Å². The lowest BCUT2D eigenvalue weighted by Crippen LogP contribution is -2.37. The van der Waals surface area contributed by atoms with E-state index in [4.69, 9.17) is 9.47 Å². The lowest BCUT2D eigenvalue weighted by molar-refractivity contribution is -0.116. The summed E-state index contributed by atoms with van der Waals surface area (Å²) in [6.45, 7) is 8.93. The van der Waals surface area contributed by atoms with Crippen LogP contribution in [0.5, 0.6) is 11.5 Å². The number of benzene rings is 2. The Morgan fingerprint density at radius 2 is 1.42 bits per heavy atom. The summed E-state index contributed by atoms with van der Waals surface area (Å²) in [4.78, 5) is 24.9. The maximum absolute atomic E-state index is 13.1. The zero-order valence-electron chi connectivity index (χ0n) is 21.8. The van der Waals surface area contributed by atoms with E-state index in [9.17, 15) is 18.0 Å². The number of ether oxygens (including phenoxy) is 2. The molecular formula is C26H37N3O6S. The molecular weight excluding hydrogens is 482 g/mol. The van der Waals surface area contributed by atoms with Crippen molar-refractivity contribution in [2.24, 2.45) is 11.8 Å². The van der Waals surface area contributed by atoms with Crippen molar-refractivity contribution in [3.8, 4) is 11.5 Å². The number of rotatable bonds is 13. The van der Waals surface area contributed by atoms with Crippen LogP contribution in [0.4, 0.5) is 5.69 Å². The first-order chi connectivity index (χ1) is 17.0. The highest BCUT2D eigenvalue weighted by Crippen LogP contribution is 2.23. The van der Waals surface area contributed by atoms with Gasteiger partial charge in [0.1, 0.15) is 11.5 Å². The van der Waals surface area contributed by atoms with Gasteiger partial charge in [0.15, 0.2) is 0 Å². The zero-order valence-corrected chi connectivity index (χ0v) is 22.6. The molecule has 0 unspecified atom stereocenters. The predicted molar refractivity (Wildman–Crippen MR) is 140 cm³/mol. The number of sulfonamides is 1. The van der Waals surface area contributed by atoms with Gasteiger partial charge in [-0.25, -0.2) is 8.42 Å². The second-order valence-electron chi connectivity index (χ2n) is 9.29. The minimum absolute atomic E-state index is 0.0451. The molecule has 0 heterocycles. The molecule has 0 bridgehead atoms. The van der Waals surface area contributed by atoms with Gasteiger partial charge in [0.05, 0.1) is 19.1 Å². The summed E-state index contributed by atoms with van der Waals surface area (Å²) in [6.07, 6.45) is 0.0451. The Bertz CT molecular complexity index is 1100. The second-order valence-corrected chi connectivity index (χ2v) is 11.2. The average Bonchev–Trinajstić information content (AvgIpc) is 2.82. The number of amides is 2. The van der Waals surface area contributed by atoms with Crippen molar-refractivity contribution in [2.45, 2.75) is 39.0 Å². The molecule has 0 saturated carbocycles. The van der Waals surface area contributed by atoms with Crippen molar-refractivity contribution in [1.29, 1.82) is 0 Å². The van der Waals surface area contributed by atoms with Crippen molar-refractivity contribution in [2.75, 3.05) is 39.2 Å². The highest BCUT2D eigenvalue weighted by molar-refractivity contribution is 7.89. The average molecular weight is 520 g/mol. The number of carbonyl (C=O) groups is 2. The number of hydrogen-bond acceptors (Lipinski definition) is 6. The zero-order chi connectivity index (χ0) is 26.9. The number of methoxy groups -OCH3 is 2. The molecule has 198 valence electrons. The maximum Gasteiger partial charge on any atom is 0.251 e. The van der Waals surface area contributed by atoms with E-state index in [1.54, 1.807) is 30.3 Å². The fraction of sp³-hybridized carbons (Fsp3) is 0.462. The van der Waals surface area contributed by atoms with Crippen molar-refractivity contribution in [1.82, 2.24) is 9.62 Å². The smallest absolute Gasteiger partial charge is 0.251 e. The van der Waals surface area contributed by atoms with Crippen molar-refractivity contribution >= 4 is 27.5 Å². The maximum atomic E-state index is 13.1. The third-order valence-corrected chi connectivity index (χ3v) is 7.01. The Kier molecular flexibility index (Phi) is 10.7. The molecule has 0 radical (unpaired) electrons. The molecule has 2 amide bonds. The first-order valence-electron chi connectivity index (χ1n) is 11.9. The Labute approximate surface area is 214 Å². The molecule has 2 aromatic carbocycles. The standard InChI is InChI=1S/C26H37N3O6S/c1-18(2)16-29(17-19(3)4)36(32,33)24-9-7-21(8-10-24)28-25(30)11-12-27-26(31)20-13-22(34-5)15-23(14-20)35-6/h7-10,13-15,18-19H,11-12,16-17H2,1-6H3,(H,27,31)(H,28,30). The van der Waals surface area contributed by atoms with Gasteiger partial charge >= 0.3 is 0 Å². The largest absolute Gasteiger partial charge is 0.497 e. The van der Waals surface area contributed by atoms with Crippen LogP contribution >= 0.6 is 0 Å². The van der Waals surface area contributed by atoms with Gasteiger partial charge in [-0.15, -0.1) is 0 Å². The van der Waals surface area contributed by atoms with Crippen LogP contribution in [0.3, 0.4) is 0 Å². The molecule has 0 fully saturated rings. The number of hydrogen-bond donors (Lipinski definition) is 2. The van der Waals surface area contributed by atoms with Gasteiger partial charge in [0.2, 0.25) is 15.9 Å². The highest BCUT2D eigenvalue weighted by Gasteiger charge is 2.25. The molecule has 2 aromatic rings. The molecule has 0 aliphatic heterocycles. The lowest BCUT2D eigenvalue weighted by Gasteiger charge is -2.25. The van der Waals surface area contributed by atoms with E-state index < -0.39 is 10.0 Å². The molecule has 2 N–H and O–H groups in total. The Balaban J connectivity index is 1.95. The van der Waals surface area contributed by atoms with Crippen molar-refractivity contribution in [3.05, 3.63) is 48.0 Å². The SMILES string of the molecule is COc1cc(OC)cc(C(=O)NCCC(=O)Nc2ccc(S(=O)(=O)N(CC(C)C)CC(C)C)cc2)c1. The number of nitrogens with zero attached hydrogens (tertiary/aromatic N) is 1. The van der Waals surface area contributed by atoms with Gasteiger partial charge in [-0.1, -0.05) is 27.7 Å². The van der Waals surface area contributed by atoms with Crippen molar-refractivity contribution in [3.63, 3.8) is 0 Å². The molecule has 2 rings (SSSR count). The number of carbonyl (C=O) groups excluding carboxylic acids is 2. The molecule has 9 nitrogen and oxygen atoms in total. The minimum atomic E-state index is -3.64. The molecule has 0 saturated heterocycles. The molecule has 10 heteroatoms. The van der Waals surface area contributed by atoms with Crippen LogP contribution in [0.25, 0.3) is 0 Å². The quantitative estimate of drug-likeness (QED) is 0.417. The van der Waals surface area contributed by atoms with Crippen molar-refractivity contribution < 1.29 is 27.5 Å². The summed E-state index contributed by atoms with van der Waals surface area (Å²) in [5.74, 6) is 0.697. The molecule has 0 aliphatic carbocycles. The van der Waals surface area contributed by atoms with Crippen LogP contribution in [0.1, 0.15) is 44.5 Å². The second kappa shape index (κ2) is 13.3. The fourth-order valence-electron chi connectivity index (χ4n) is 3.50. The van der Waals surface area contributed by atoms with Gasteiger partial charge in [-0.05, 0) is 48.2 Å². The Morgan fingerprint density at radius 1 is 0.889 bits per heavy atom. The fourth-order valence-corrected chi connectivity index (χ4v) is 5.27.